The number of nitrogens with one attached hydrogen (secondary N) is 2. The van der Waals surface area contributed by atoms with Crippen LogP contribution in [0.1, 0.15) is 0 Å². The normalized spacial score (nSPS) is 14.9. The number of hydrogen-bond acceptors (Lipinski definition) is 4. The third-order valence-corrected chi connectivity index (χ3v) is 4.70. The van der Waals surface area contributed by atoms with Gasteiger partial charge in [-0.15, -0.1) is 11.3 Å². The van der Waals surface area contributed by atoms with Crippen molar-refractivity contribution in [3.63, 3.8) is 0 Å². The van der Waals surface area contributed by atoms with E-state index in [1.54, 1.807) is 12.1 Å². The van der Waals surface area contributed by atoms with E-state index in [-0.39, 0.29) is 11.8 Å². The predicted molar refractivity (Wildman–Crippen MR) is 82.6 cm³/mol. The van der Waals surface area contributed by atoms with Gasteiger partial charge in [0.1, 0.15) is 10.8 Å². The Morgan fingerprint density at radius 2 is 2.15 bits per heavy atom. The average Bonchev–Trinajstić information content (AvgIpc) is 2.78. The van der Waals surface area contributed by atoms with Crippen LogP contribution in [0.25, 0.3) is 10.6 Å². The van der Waals surface area contributed by atoms with Crippen molar-refractivity contribution in [3.8, 4) is 10.6 Å². The maximum atomic E-state index is 11.8. The van der Waals surface area contributed by atoms with Gasteiger partial charge in [0.25, 0.3) is 0 Å². The van der Waals surface area contributed by atoms with E-state index in [0.717, 1.165) is 23.7 Å². The standard InChI is InChI=1S/C13H11Cl2N3OS/c14-9-2-1-7(3-10(9)15)13-18-11(6-20-13)17-12(19)8-4-16-5-8/h1-3,6,8,16H,4-5H2,(H,17,19). The molecule has 2 aromatic rings. The molecule has 0 radical (unpaired) electrons. The molecule has 0 saturated carbocycles. The Hall–Kier alpha value is -1.14. The van der Waals surface area contributed by atoms with Gasteiger partial charge in [-0.05, 0) is 12.1 Å². The first-order valence-electron chi connectivity index (χ1n) is 6.06. The van der Waals surface area contributed by atoms with E-state index in [1.807, 2.05) is 11.4 Å². The zero-order valence-electron chi connectivity index (χ0n) is 10.3. The van der Waals surface area contributed by atoms with Crippen molar-refractivity contribution < 1.29 is 4.79 Å². The van der Waals surface area contributed by atoms with Crippen molar-refractivity contribution in [1.82, 2.24) is 10.3 Å². The zero-order chi connectivity index (χ0) is 14.1. The molecular weight excluding hydrogens is 317 g/mol. The van der Waals surface area contributed by atoms with Gasteiger partial charge in [0.2, 0.25) is 5.91 Å². The minimum atomic E-state index is 0.00902. The summed E-state index contributed by atoms with van der Waals surface area (Å²) in [5, 5.41) is 9.51. The monoisotopic (exact) mass is 327 g/mol. The molecule has 0 unspecified atom stereocenters. The Bertz CT molecular complexity index is 655. The second-order valence-electron chi connectivity index (χ2n) is 4.51. The van der Waals surface area contributed by atoms with Crippen molar-refractivity contribution in [2.75, 3.05) is 18.4 Å². The molecule has 20 heavy (non-hydrogen) atoms. The molecule has 0 atom stereocenters. The Kier molecular flexibility index (Phi) is 3.94. The van der Waals surface area contributed by atoms with Crippen LogP contribution in [0, 0.1) is 5.92 Å². The highest BCUT2D eigenvalue weighted by Crippen LogP contribution is 2.31. The van der Waals surface area contributed by atoms with Crippen LogP contribution >= 0.6 is 34.5 Å². The number of thiazole rings is 1. The quantitative estimate of drug-likeness (QED) is 0.909. The molecule has 2 heterocycles. The Morgan fingerprint density at radius 3 is 2.80 bits per heavy atom. The molecule has 2 N–H and O–H groups in total. The lowest BCUT2D eigenvalue weighted by atomic mass is 10.0. The Morgan fingerprint density at radius 1 is 1.35 bits per heavy atom. The summed E-state index contributed by atoms with van der Waals surface area (Å²) >= 11 is 13.3. The largest absolute Gasteiger partial charge is 0.315 e. The summed E-state index contributed by atoms with van der Waals surface area (Å²) in [7, 11) is 0. The van der Waals surface area contributed by atoms with E-state index in [0.29, 0.717) is 15.9 Å². The average molecular weight is 328 g/mol. The fourth-order valence-corrected chi connectivity index (χ4v) is 2.84. The molecule has 4 nitrogen and oxygen atoms in total. The molecule has 1 saturated heterocycles. The van der Waals surface area contributed by atoms with Gasteiger partial charge in [-0.2, -0.15) is 0 Å². The first-order valence-corrected chi connectivity index (χ1v) is 7.69. The highest BCUT2D eigenvalue weighted by molar-refractivity contribution is 7.13. The van der Waals surface area contributed by atoms with E-state index in [2.05, 4.69) is 15.6 Å². The molecule has 104 valence electrons. The van der Waals surface area contributed by atoms with E-state index < -0.39 is 0 Å². The number of nitrogens with zero attached hydrogens (tertiary/aromatic N) is 1. The lowest BCUT2D eigenvalue weighted by Gasteiger charge is -2.25. The number of anilines is 1. The lowest BCUT2D eigenvalue weighted by Crippen LogP contribution is -2.48. The van der Waals surface area contributed by atoms with Crippen molar-refractivity contribution in [2.24, 2.45) is 5.92 Å². The van der Waals surface area contributed by atoms with E-state index in [1.165, 1.54) is 11.3 Å². The number of rotatable bonds is 3. The Balaban J connectivity index is 1.75. The second kappa shape index (κ2) is 5.69. The zero-order valence-corrected chi connectivity index (χ0v) is 12.6. The van der Waals surface area contributed by atoms with Crippen LogP contribution in [-0.2, 0) is 4.79 Å². The van der Waals surface area contributed by atoms with Gasteiger partial charge in [-0.3, -0.25) is 4.79 Å². The summed E-state index contributed by atoms with van der Waals surface area (Å²) < 4.78 is 0. The van der Waals surface area contributed by atoms with Gasteiger partial charge in [0, 0.05) is 24.0 Å². The van der Waals surface area contributed by atoms with Crippen molar-refractivity contribution >= 4 is 46.3 Å². The molecule has 1 aliphatic heterocycles. The molecular formula is C13H11Cl2N3OS. The molecule has 0 spiro atoms. The maximum Gasteiger partial charge on any atom is 0.231 e. The number of carbonyl (C=O) groups is 1. The maximum absolute atomic E-state index is 11.8. The summed E-state index contributed by atoms with van der Waals surface area (Å²) in [5.41, 5.74) is 0.884. The summed E-state index contributed by atoms with van der Waals surface area (Å²) in [6, 6.07) is 5.36. The van der Waals surface area contributed by atoms with Gasteiger partial charge in [-0.1, -0.05) is 29.3 Å². The van der Waals surface area contributed by atoms with E-state index in [9.17, 15) is 4.79 Å². The van der Waals surface area contributed by atoms with Gasteiger partial charge in [0.15, 0.2) is 0 Å². The van der Waals surface area contributed by atoms with Gasteiger partial charge < -0.3 is 10.6 Å². The Labute approximate surface area is 130 Å². The highest BCUT2D eigenvalue weighted by atomic mass is 35.5. The summed E-state index contributed by atoms with van der Waals surface area (Å²) in [5.74, 6) is 0.632. The lowest BCUT2D eigenvalue weighted by molar-refractivity contribution is -0.121. The highest BCUT2D eigenvalue weighted by Gasteiger charge is 2.25. The van der Waals surface area contributed by atoms with Crippen LogP contribution in [0.2, 0.25) is 10.0 Å². The molecule has 1 aromatic heterocycles. The van der Waals surface area contributed by atoms with Crippen molar-refractivity contribution in [1.29, 1.82) is 0 Å². The second-order valence-corrected chi connectivity index (χ2v) is 6.18. The third-order valence-electron chi connectivity index (χ3n) is 3.07. The molecule has 1 aliphatic rings. The van der Waals surface area contributed by atoms with Crippen LogP contribution < -0.4 is 10.6 Å². The van der Waals surface area contributed by atoms with E-state index in [4.69, 9.17) is 23.2 Å². The van der Waals surface area contributed by atoms with Crippen LogP contribution in [0.3, 0.4) is 0 Å². The van der Waals surface area contributed by atoms with Gasteiger partial charge in [0.05, 0.1) is 16.0 Å². The molecule has 0 aliphatic carbocycles. The predicted octanol–water partition coefficient (Wildman–Crippen LogP) is 3.27. The van der Waals surface area contributed by atoms with Crippen LogP contribution in [0.4, 0.5) is 5.82 Å². The van der Waals surface area contributed by atoms with Gasteiger partial charge >= 0.3 is 0 Å². The topological polar surface area (TPSA) is 54.0 Å². The van der Waals surface area contributed by atoms with Crippen LogP contribution in [0.15, 0.2) is 23.6 Å². The third kappa shape index (κ3) is 2.81. The van der Waals surface area contributed by atoms with Crippen LogP contribution in [0.5, 0.6) is 0 Å². The van der Waals surface area contributed by atoms with Crippen molar-refractivity contribution in [2.45, 2.75) is 0 Å². The minimum Gasteiger partial charge on any atom is -0.315 e. The summed E-state index contributed by atoms with van der Waals surface area (Å²) in [6.07, 6.45) is 0. The molecule has 1 amide bonds. The number of carbonyl (C=O) groups excluding carboxylic acids is 1. The van der Waals surface area contributed by atoms with E-state index >= 15 is 0 Å². The fraction of sp³-hybridized carbons (Fsp3) is 0.231. The number of halogens is 2. The minimum absolute atomic E-state index is 0.00902. The molecule has 0 bridgehead atoms. The molecule has 7 heteroatoms. The number of hydrogen-bond donors (Lipinski definition) is 2. The summed E-state index contributed by atoms with van der Waals surface area (Å²) in [6.45, 7) is 1.46. The molecule has 1 fully saturated rings. The van der Waals surface area contributed by atoms with Crippen molar-refractivity contribution in [3.05, 3.63) is 33.6 Å². The fourth-order valence-electron chi connectivity index (χ4n) is 1.80. The van der Waals surface area contributed by atoms with Crippen LogP contribution in [-0.4, -0.2) is 24.0 Å². The smallest absolute Gasteiger partial charge is 0.231 e. The first-order chi connectivity index (χ1) is 9.63. The number of amides is 1. The molecule has 1 aromatic carbocycles. The first kappa shape index (κ1) is 13.8. The number of aromatic nitrogens is 1. The van der Waals surface area contributed by atoms with Gasteiger partial charge in [-0.25, -0.2) is 4.98 Å². The number of benzene rings is 1. The SMILES string of the molecule is O=C(Nc1csc(-c2ccc(Cl)c(Cl)c2)n1)C1CNC1. The molecule has 3 rings (SSSR count). The summed E-state index contributed by atoms with van der Waals surface area (Å²) in [4.78, 5) is 16.2.